The summed E-state index contributed by atoms with van der Waals surface area (Å²) in [5.41, 5.74) is 0.923. The molecule has 19 heavy (non-hydrogen) atoms. The van der Waals surface area contributed by atoms with Crippen LogP contribution in [0.1, 0.15) is 12.0 Å². The second-order valence-corrected chi connectivity index (χ2v) is 5.68. The highest BCUT2D eigenvalue weighted by Gasteiger charge is 2.29. The van der Waals surface area contributed by atoms with Gasteiger partial charge in [-0.3, -0.25) is 0 Å². The van der Waals surface area contributed by atoms with Crippen LogP contribution in [0.25, 0.3) is 0 Å². The Morgan fingerprint density at radius 1 is 1.37 bits per heavy atom. The van der Waals surface area contributed by atoms with E-state index in [0.29, 0.717) is 4.31 Å². The molecular weight excluding hydrogens is 266 g/mol. The van der Waals surface area contributed by atoms with Crippen LogP contribution >= 0.6 is 0 Å². The first-order chi connectivity index (χ1) is 8.93. The van der Waals surface area contributed by atoms with Crippen LogP contribution in [0, 0.1) is 19.3 Å². The number of amides is 1. The quantitative estimate of drug-likeness (QED) is 0.789. The normalized spacial score (nSPS) is 10.6. The fourth-order valence-electron chi connectivity index (χ4n) is 1.41. The average Bonchev–Trinajstić information content (AvgIpc) is 2.39. The van der Waals surface area contributed by atoms with E-state index < -0.39 is 16.1 Å². The zero-order chi connectivity index (χ0) is 14.5. The maximum atomic E-state index is 12.3. The Kier molecular flexibility index (Phi) is 4.95. The molecule has 0 aromatic heterocycles. The first kappa shape index (κ1) is 15.1. The fraction of sp³-hybridized carbons (Fsp3) is 0.308. The summed E-state index contributed by atoms with van der Waals surface area (Å²) in [6.07, 6.45) is 4.27. The second-order valence-electron chi connectivity index (χ2n) is 3.81. The summed E-state index contributed by atoms with van der Waals surface area (Å²) in [5.74, 6) is 2.30. The molecule has 6 heteroatoms. The molecule has 0 N–H and O–H groups in total. The van der Waals surface area contributed by atoms with Gasteiger partial charge in [-0.2, -0.15) is 4.31 Å². The van der Waals surface area contributed by atoms with Crippen molar-refractivity contribution in [2.45, 2.75) is 18.2 Å². The Labute approximate surface area is 113 Å². The highest BCUT2D eigenvalue weighted by Crippen LogP contribution is 2.17. The maximum Gasteiger partial charge on any atom is 0.423 e. The zero-order valence-corrected chi connectivity index (χ0v) is 11.6. The van der Waals surface area contributed by atoms with E-state index in [1.54, 1.807) is 12.1 Å². The van der Waals surface area contributed by atoms with Gasteiger partial charge in [0.1, 0.15) is 0 Å². The lowest BCUT2D eigenvalue weighted by Crippen LogP contribution is -2.37. The van der Waals surface area contributed by atoms with Crippen molar-refractivity contribution in [1.29, 1.82) is 0 Å². The molecule has 0 heterocycles. The second kappa shape index (κ2) is 6.25. The van der Waals surface area contributed by atoms with E-state index in [2.05, 4.69) is 10.7 Å². The van der Waals surface area contributed by atoms with Crippen molar-refractivity contribution < 1.29 is 17.9 Å². The summed E-state index contributed by atoms with van der Waals surface area (Å²) in [6.45, 7) is 1.73. The smallest absolute Gasteiger partial charge is 0.423 e. The van der Waals surface area contributed by atoms with E-state index in [1.165, 1.54) is 12.1 Å². The van der Waals surface area contributed by atoms with E-state index in [9.17, 15) is 13.2 Å². The van der Waals surface area contributed by atoms with Gasteiger partial charge in [-0.25, -0.2) is 13.2 Å². The molecule has 0 fully saturated rings. The number of carbonyl (C=O) groups is 1. The molecule has 0 aliphatic carbocycles. The van der Waals surface area contributed by atoms with Crippen molar-refractivity contribution in [3.05, 3.63) is 29.8 Å². The first-order valence-electron chi connectivity index (χ1n) is 5.54. The molecule has 0 saturated carbocycles. The monoisotopic (exact) mass is 281 g/mol. The number of hydrogen-bond donors (Lipinski definition) is 0. The maximum absolute atomic E-state index is 12.3. The molecule has 1 rings (SSSR count). The molecule has 0 aliphatic heterocycles. The van der Waals surface area contributed by atoms with Gasteiger partial charge in [-0.05, 0) is 19.1 Å². The number of rotatable bonds is 4. The Bertz CT molecular complexity index is 584. The number of hydrogen-bond acceptors (Lipinski definition) is 4. The van der Waals surface area contributed by atoms with Crippen LogP contribution in [0.2, 0.25) is 0 Å². The zero-order valence-electron chi connectivity index (χ0n) is 10.8. The molecule has 102 valence electrons. The minimum absolute atomic E-state index is 0.0283. The van der Waals surface area contributed by atoms with Crippen LogP contribution in [-0.2, 0) is 14.8 Å². The third-order valence-electron chi connectivity index (χ3n) is 2.45. The first-order valence-corrected chi connectivity index (χ1v) is 6.98. The van der Waals surface area contributed by atoms with E-state index >= 15 is 0 Å². The number of benzene rings is 1. The summed E-state index contributed by atoms with van der Waals surface area (Å²) in [6, 6.07) is 6.19. The van der Waals surface area contributed by atoms with Gasteiger partial charge in [0.25, 0.3) is 10.0 Å². The van der Waals surface area contributed by atoms with E-state index in [-0.39, 0.29) is 17.9 Å². The number of ether oxygens (including phenoxy) is 1. The Balaban J connectivity index is 3.16. The van der Waals surface area contributed by atoms with Gasteiger partial charge >= 0.3 is 6.09 Å². The van der Waals surface area contributed by atoms with Crippen molar-refractivity contribution in [3.8, 4) is 12.3 Å². The van der Waals surface area contributed by atoms with Crippen LogP contribution < -0.4 is 0 Å². The number of aryl methyl sites for hydroxylation is 1. The van der Waals surface area contributed by atoms with Crippen LogP contribution in [0.3, 0.4) is 0 Å². The number of sulfonamides is 1. The molecule has 0 unspecified atom stereocenters. The lowest BCUT2D eigenvalue weighted by molar-refractivity contribution is 0.149. The molecule has 0 saturated heterocycles. The van der Waals surface area contributed by atoms with Crippen LogP contribution in [0.4, 0.5) is 4.79 Å². The van der Waals surface area contributed by atoms with Crippen molar-refractivity contribution in [2.24, 2.45) is 0 Å². The molecule has 0 spiro atoms. The number of nitrogens with zero attached hydrogens (tertiary/aromatic N) is 1. The SMILES string of the molecule is C#CCCN(C(=O)OC)S(=O)(=O)c1ccc(C)cc1. The highest BCUT2D eigenvalue weighted by atomic mass is 32.2. The van der Waals surface area contributed by atoms with Crippen molar-refractivity contribution in [3.63, 3.8) is 0 Å². The molecule has 1 aromatic rings. The van der Waals surface area contributed by atoms with Gasteiger partial charge in [0.05, 0.1) is 18.6 Å². The standard InChI is InChI=1S/C13H15NO4S/c1-4-5-10-14(13(15)18-3)19(16,17)12-8-6-11(2)7-9-12/h1,6-9H,5,10H2,2-3H3. The minimum atomic E-state index is -3.94. The molecule has 0 atom stereocenters. The van der Waals surface area contributed by atoms with Gasteiger partial charge in [0, 0.05) is 6.42 Å². The molecule has 0 bridgehead atoms. The summed E-state index contributed by atoms with van der Waals surface area (Å²) in [4.78, 5) is 11.6. The lowest BCUT2D eigenvalue weighted by atomic mass is 10.2. The largest absolute Gasteiger partial charge is 0.452 e. The summed E-state index contributed by atoms with van der Waals surface area (Å²) in [7, 11) is -2.82. The lowest BCUT2D eigenvalue weighted by Gasteiger charge is -2.20. The number of carbonyl (C=O) groups excluding carboxylic acids is 1. The van der Waals surface area contributed by atoms with E-state index in [1.807, 2.05) is 6.92 Å². The third-order valence-corrected chi connectivity index (χ3v) is 4.23. The van der Waals surface area contributed by atoms with Gasteiger partial charge in [0.15, 0.2) is 0 Å². The van der Waals surface area contributed by atoms with Crippen molar-refractivity contribution >= 4 is 16.1 Å². The Morgan fingerprint density at radius 2 is 1.95 bits per heavy atom. The predicted octanol–water partition coefficient (Wildman–Crippen LogP) is 1.78. The van der Waals surface area contributed by atoms with E-state index in [0.717, 1.165) is 12.7 Å². The van der Waals surface area contributed by atoms with Crippen molar-refractivity contribution in [1.82, 2.24) is 4.31 Å². The molecule has 1 aromatic carbocycles. The van der Waals surface area contributed by atoms with E-state index in [4.69, 9.17) is 6.42 Å². The molecule has 1 amide bonds. The van der Waals surface area contributed by atoms with Crippen LogP contribution in [-0.4, -0.2) is 32.5 Å². The minimum Gasteiger partial charge on any atom is -0.452 e. The van der Waals surface area contributed by atoms with Gasteiger partial charge < -0.3 is 4.74 Å². The highest BCUT2D eigenvalue weighted by molar-refractivity contribution is 7.89. The Hall–Kier alpha value is -2.00. The summed E-state index contributed by atoms with van der Waals surface area (Å²) in [5, 5.41) is 0. The predicted molar refractivity (Wildman–Crippen MR) is 70.9 cm³/mol. The molecular formula is C13H15NO4S. The van der Waals surface area contributed by atoms with Crippen LogP contribution in [0.15, 0.2) is 29.2 Å². The molecule has 0 aliphatic rings. The summed E-state index contributed by atoms with van der Waals surface area (Å²) < 4.78 is 29.7. The molecule has 0 radical (unpaired) electrons. The Morgan fingerprint density at radius 3 is 2.42 bits per heavy atom. The van der Waals surface area contributed by atoms with Crippen molar-refractivity contribution in [2.75, 3.05) is 13.7 Å². The third kappa shape index (κ3) is 3.48. The van der Waals surface area contributed by atoms with Gasteiger partial charge in [0.2, 0.25) is 0 Å². The van der Waals surface area contributed by atoms with Crippen LogP contribution in [0.5, 0.6) is 0 Å². The van der Waals surface area contributed by atoms with Gasteiger partial charge in [-0.15, -0.1) is 12.3 Å². The molecule has 5 nitrogen and oxygen atoms in total. The average molecular weight is 281 g/mol. The number of methoxy groups -OCH3 is 1. The van der Waals surface area contributed by atoms with Gasteiger partial charge in [-0.1, -0.05) is 17.7 Å². The fourth-order valence-corrected chi connectivity index (χ4v) is 2.75. The number of terminal acetylenes is 1. The topological polar surface area (TPSA) is 63.7 Å². The summed E-state index contributed by atoms with van der Waals surface area (Å²) >= 11 is 0.